The Morgan fingerprint density at radius 3 is 2.67 bits per heavy atom. The smallest absolute Gasteiger partial charge is 0.193 e. The van der Waals surface area contributed by atoms with Gasteiger partial charge >= 0.3 is 0 Å². The summed E-state index contributed by atoms with van der Waals surface area (Å²) in [5.74, 6) is 1.54. The maximum absolute atomic E-state index is 5.93. The predicted molar refractivity (Wildman–Crippen MR) is 87.2 cm³/mol. The highest BCUT2D eigenvalue weighted by molar-refractivity contribution is 6.30. The molecule has 0 radical (unpaired) electrons. The van der Waals surface area contributed by atoms with Crippen molar-refractivity contribution in [3.8, 4) is 0 Å². The molecule has 21 heavy (non-hydrogen) atoms. The average Bonchev–Trinajstić information content (AvgIpc) is 3.09. The van der Waals surface area contributed by atoms with Gasteiger partial charge in [-0.05, 0) is 60.3 Å². The lowest BCUT2D eigenvalue weighted by Crippen LogP contribution is -2.26. The Morgan fingerprint density at radius 2 is 1.95 bits per heavy atom. The van der Waals surface area contributed by atoms with Crippen LogP contribution in [0, 0.1) is 5.92 Å². The van der Waals surface area contributed by atoms with Crippen LogP contribution in [0.1, 0.15) is 12.2 Å². The molecular formula is C16H18Cl2N2O. The third-order valence-electron chi connectivity index (χ3n) is 3.84. The molecule has 1 fully saturated rings. The molecule has 1 aliphatic rings. The Balaban J connectivity index is 1.45. The Labute approximate surface area is 134 Å². The number of hydrogen-bond donors (Lipinski definition) is 1. The fourth-order valence-electron chi connectivity index (χ4n) is 2.73. The molecule has 1 aliphatic heterocycles. The summed E-state index contributed by atoms with van der Waals surface area (Å²) in [5, 5.41) is 4.67. The van der Waals surface area contributed by atoms with Gasteiger partial charge in [0.05, 0.1) is 6.54 Å². The maximum Gasteiger partial charge on any atom is 0.193 e. The third kappa shape index (κ3) is 3.94. The number of rotatable bonds is 5. The zero-order chi connectivity index (χ0) is 14.7. The van der Waals surface area contributed by atoms with E-state index in [2.05, 4.69) is 22.3 Å². The highest BCUT2D eigenvalue weighted by atomic mass is 35.5. The van der Waals surface area contributed by atoms with Gasteiger partial charge in [-0.2, -0.15) is 0 Å². The maximum atomic E-state index is 5.93. The minimum atomic E-state index is 0.446. The molecule has 1 aromatic heterocycles. The molecule has 2 heterocycles. The second-order valence-electron chi connectivity index (χ2n) is 5.41. The molecule has 1 saturated heterocycles. The van der Waals surface area contributed by atoms with E-state index in [0.29, 0.717) is 11.1 Å². The number of benzene rings is 1. The van der Waals surface area contributed by atoms with Crippen LogP contribution < -0.4 is 10.2 Å². The lowest BCUT2D eigenvalue weighted by atomic mass is 10.1. The summed E-state index contributed by atoms with van der Waals surface area (Å²) in [4.78, 5) is 2.41. The molecule has 5 heteroatoms. The van der Waals surface area contributed by atoms with Crippen molar-refractivity contribution in [1.29, 1.82) is 0 Å². The summed E-state index contributed by atoms with van der Waals surface area (Å²) in [6.07, 6.45) is 1.20. The third-order valence-corrected chi connectivity index (χ3v) is 4.29. The second-order valence-corrected chi connectivity index (χ2v) is 6.22. The van der Waals surface area contributed by atoms with Crippen molar-refractivity contribution >= 4 is 28.9 Å². The summed E-state index contributed by atoms with van der Waals surface area (Å²) < 4.78 is 5.33. The van der Waals surface area contributed by atoms with Crippen molar-refractivity contribution in [2.45, 2.75) is 13.0 Å². The highest BCUT2D eigenvalue weighted by Gasteiger charge is 2.22. The minimum absolute atomic E-state index is 0.446. The van der Waals surface area contributed by atoms with Crippen molar-refractivity contribution in [3.05, 3.63) is 52.4 Å². The van der Waals surface area contributed by atoms with Crippen molar-refractivity contribution < 1.29 is 4.42 Å². The molecule has 0 aliphatic carbocycles. The van der Waals surface area contributed by atoms with Crippen LogP contribution in [0.25, 0.3) is 0 Å². The summed E-state index contributed by atoms with van der Waals surface area (Å²) in [6.45, 7) is 3.89. The van der Waals surface area contributed by atoms with Gasteiger partial charge in [-0.3, -0.25) is 0 Å². The van der Waals surface area contributed by atoms with Gasteiger partial charge in [-0.25, -0.2) is 0 Å². The summed E-state index contributed by atoms with van der Waals surface area (Å²) in [7, 11) is 0. The molecule has 2 aromatic rings. The van der Waals surface area contributed by atoms with Crippen LogP contribution in [0.4, 0.5) is 5.69 Å². The average molecular weight is 325 g/mol. The van der Waals surface area contributed by atoms with E-state index in [1.54, 1.807) is 6.07 Å². The van der Waals surface area contributed by atoms with Gasteiger partial charge < -0.3 is 14.6 Å². The van der Waals surface area contributed by atoms with Gasteiger partial charge in [0.1, 0.15) is 5.76 Å². The van der Waals surface area contributed by atoms with Crippen molar-refractivity contribution in [2.75, 3.05) is 24.5 Å². The number of hydrogen-bond acceptors (Lipinski definition) is 3. The Morgan fingerprint density at radius 1 is 1.14 bits per heavy atom. The minimum Gasteiger partial charge on any atom is -0.448 e. The van der Waals surface area contributed by atoms with E-state index in [9.17, 15) is 0 Å². The molecule has 112 valence electrons. The van der Waals surface area contributed by atoms with Crippen molar-refractivity contribution in [3.63, 3.8) is 0 Å². The van der Waals surface area contributed by atoms with E-state index in [1.807, 2.05) is 18.2 Å². The first kappa shape index (κ1) is 14.8. The molecule has 0 bridgehead atoms. The lowest BCUT2D eigenvalue weighted by molar-refractivity contribution is 0.455. The molecule has 1 unspecified atom stereocenters. The van der Waals surface area contributed by atoms with Gasteiger partial charge in [0.2, 0.25) is 0 Å². The highest BCUT2D eigenvalue weighted by Crippen LogP contribution is 2.25. The van der Waals surface area contributed by atoms with Crippen molar-refractivity contribution in [1.82, 2.24) is 5.32 Å². The summed E-state index contributed by atoms with van der Waals surface area (Å²) in [5.41, 5.74) is 1.25. The standard InChI is InChI=1S/C16H18Cl2N2O/c17-13-1-3-14(4-2-13)20-8-7-12(11-20)9-19-10-15-5-6-16(18)21-15/h1-6,12,19H,7-11H2. The van der Waals surface area contributed by atoms with E-state index >= 15 is 0 Å². The van der Waals surface area contributed by atoms with Crippen LogP contribution in [0.2, 0.25) is 10.2 Å². The fourth-order valence-corrected chi connectivity index (χ4v) is 3.02. The molecule has 0 spiro atoms. The van der Waals surface area contributed by atoms with Gasteiger partial charge in [0.15, 0.2) is 5.22 Å². The van der Waals surface area contributed by atoms with E-state index in [0.717, 1.165) is 37.0 Å². The van der Waals surface area contributed by atoms with Crippen molar-refractivity contribution in [2.24, 2.45) is 5.92 Å². The van der Waals surface area contributed by atoms with Gasteiger partial charge in [-0.15, -0.1) is 0 Å². The molecule has 1 aromatic carbocycles. The quantitative estimate of drug-likeness (QED) is 0.893. The number of nitrogens with zero attached hydrogens (tertiary/aromatic N) is 1. The topological polar surface area (TPSA) is 28.4 Å². The van der Waals surface area contributed by atoms with Crippen LogP contribution in [-0.4, -0.2) is 19.6 Å². The zero-order valence-corrected chi connectivity index (χ0v) is 13.2. The first-order valence-electron chi connectivity index (χ1n) is 7.16. The van der Waals surface area contributed by atoms with E-state index in [4.69, 9.17) is 27.6 Å². The molecule has 3 nitrogen and oxygen atoms in total. The van der Waals surface area contributed by atoms with Gasteiger partial charge in [0.25, 0.3) is 0 Å². The summed E-state index contributed by atoms with van der Waals surface area (Å²) >= 11 is 11.7. The normalized spacial score (nSPS) is 18.4. The number of nitrogens with one attached hydrogen (secondary N) is 1. The molecule has 0 saturated carbocycles. The number of anilines is 1. The van der Waals surface area contributed by atoms with Crippen LogP contribution in [0.15, 0.2) is 40.8 Å². The van der Waals surface area contributed by atoms with Crippen LogP contribution in [-0.2, 0) is 6.54 Å². The SMILES string of the molecule is Clc1ccc(N2CCC(CNCc3ccc(Cl)o3)C2)cc1. The first-order valence-corrected chi connectivity index (χ1v) is 7.92. The first-order chi connectivity index (χ1) is 10.2. The summed E-state index contributed by atoms with van der Waals surface area (Å²) in [6, 6.07) is 11.7. The second kappa shape index (κ2) is 6.73. The van der Waals surface area contributed by atoms with Crippen LogP contribution >= 0.6 is 23.2 Å². The van der Waals surface area contributed by atoms with Gasteiger partial charge in [-0.1, -0.05) is 11.6 Å². The molecular weight excluding hydrogens is 307 g/mol. The molecule has 0 amide bonds. The van der Waals surface area contributed by atoms with Gasteiger partial charge in [0, 0.05) is 30.3 Å². The molecule has 1 N–H and O–H groups in total. The largest absolute Gasteiger partial charge is 0.448 e. The molecule has 1 atom stereocenters. The van der Waals surface area contributed by atoms with Crippen LogP contribution in [0.3, 0.4) is 0 Å². The fraction of sp³-hybridized carbons (Fsp3) is 0.375. The van der Waals surface area contributed by atoms with Crippen LogP contribution in [0.5, 0.6) is 0 Å². The zero-order valence-electron chi connectivity index (χ0n) is 11.7. The van der Waals surface area contributed by atoms with E-state index in [1.165, 1.54) is 12.1 Å². The Hall–Kier alpha value is -1.16. The Bertz CT molecular complexity index is 582. The van der Waals surface area contributed by atoms with E-state index < -0.39 is 0 Å². The predicted octanol–water partition coefficient (Wildman–Crippen LogP) is 4.20. The monoisotopic (exact) mass is 324 g/mol. The molecule has 3 rings (SSSR count). The lowest BCUT2D eigenvalue weighted by Gasteiger charge is -2.18. The number of furan rings is 1. The Kier molecular flexibility index (Phi) is 4.73. The number of halogens is 2. The van der Waals surface area contributed by atoms with E-state index in [-0.39, 0.29) is 0 Å².